The monoisotopic (exact) mass is 414 g/mol. The van der Waals surface area contributed by atoms with Crippen LogP contribution in [-0.4, -0.2) is 54.4 Å². The van der Waals surface area contributed by atoms with Crippen molar-refractivity contribution in [3.8, 4) is 5.75 Å². The van der Waals surface area contributed by atoms with Gasteiger partial charge in [0.05, 0.1) is 11.6 Å². The molecule has 1 heterocycles. The number of amides is 2. The van der Waals surface area contributed by atoms with Gasteiger partial charge in [-0.3, -0.25) is 9.59 Å². The highest BCUT2D eigenvalue weighted by Crippen LogP contribution is 2.29. The number of para-hydroxylation sites is 1. The minimum Gasteiger partial charge on any atom is -0.491 e. The molecule has 166 valence electrons. The van der Waals surface area contributed by atoms with Crippen LogP contribution < -0.4 is 4.74 Å². The van der Waals surface area contributed by atoms with E-state index in [2.05, 4.69) is 18.7 Å². The highest BCUT2D eigenvalue weighted by atomic mass is 16.5. The van der Waals surface area contributed by atoms with Gasteiger partial charge in [0.1, 0.15) is 12.4 Å². The Hall–Kier alpha value is -2.04. The molecule has 0 radical (unpaired) electrons. The smallest absolute Gasteiger partial charge is 0.257 e. The van der Waals surface area contributed by atoms with E-state index in [1.54, 1.807) is 4.90 Å². The van der Waals surface area contributed by atoms with Crippen LogP contribution >= 0.6 is 0 Å². The van der Waals surface area contributed by atoms with Crippen molar-refractivity contribution in [1.29, 1.82) is 0 Å². The van der Waals surface area contributed by atoms with Crippen LogP contribution in [-0.2, 0) is 4.79 Å². The fraction of sp³-hybridized carbons (Fsp3) is 0.680. The Kier molecular flexibility index (Phi) is 8.17. The highest BCUT2D eigenvalue weighted by molar-refractivity contribution is 5.96. The van der Waals surface area contributed by atoms with Crippen molar-refractivity contribution >= 4 is 11.8 Å². The number of ether oxygens (including phenoxy) is 1. The Bertz CT molecular complexity index is 712. The summed E-state index contributed by atoms with van der Waals surface area (Å²) in [5, 5.41) is 0. The number of rotatable bonds is 3. The molecule has 0 spiro atoms. The van der Waals surface area contributed by atoms with Crippen molar-refractivity contribution in [2.24, 2.45) is 11.8 Å². The van der Waals surface area contributed by atoms with Crippen molar-refractivity contribution in [3.63, 3.8) is 0 Å². The van der Waals surface area contributed by atoms with Gasteiger partial charge >= 0.3 is 0 Å². The van der Waals surface area contributed by atoms with Gasteiger partial charge in [-0.2, -0.15) is 0 Å². The van der Waals surface area contributed by atoms with Crippen LogP contribution in [0.2, 0.25) is 0 Å². The Balaban J connectivity index is 1.87. The van der Waals surface area contributed by atoms with Crippen molar-refractivity contribution in [2.45, 2.75) is 71.3 Å². The molecule has 5 nitrogen and oxygen atoms in total. The van der Waals surface area contributed by atoms with Crippen molar-refractivity contribution in [2.75, 3.05) is 26.7 Å². The van der Waals surface area contributed by atoms with Gasteiger partial charge in [0.2, 0.25) is 5.91 Å². The standard InChI is InChI=1S/C25H38N2O3/c1-19(2)17-21-18-30-23-14-8-7-13-22(23)25(29)26(3)15-9-4-10-16-27(21)24(28)20-11-5-6-12-20/h7-8,13-14,19-21H,4-6,9-12,15-18H2,1-3H3/t21-/m0/s1. The van der Waals surface area contributed by atoms with Gasteiger partial charge in [0.25, 0.3) is 5.91 Å². The van der Waals surface area contributed by atoms with Gasteiger partial charge in [-0.1, -0.05) is 38.8 Å². The summed E-state index contributed by atoms with van der Waals surface area (Å²) in [6.07, 6.45) is 8.22. The highest BCUT2D eigenvalue weighted by Gasteiger charge is 2.32. The summed E-state index contributed by atoms with van der Waals surface area (Å²) in [4.78, 5) is 30.3. The lowest BCUT2D eigenvalue weighted by Gasteiger charge is -2.35. The number of carbonyl (C=O) groups is 2. The van der Waals surface area contributed by atoms with Gasteiger partial charge in [0, 0.05) is 26.1 Å². The van der Waals surface area contributed by atoms with E-state index in [4.69, 9.17) is 4.74 Å². The summed E-state index contributed by atoms with van der Waals surface area (Å²) in [6.45, 7) is 6.34. The zero-order valence-electron chi connectivity index (χ0n) is 18.9. The molecule has 0 N–H and O–H groups in total. The van der Waals surface area contributed by atoms with Gasteiger partial charge in [-0.15, -0.1) is 0 Å². The molecule has 1 fully saturated rings. The summed E-state index contributed by atoms with van der Waals surface area (Å²) in [7, 11) is 1.86. The maximum absolute atomic E-state index is 13.4. The molecule has 30 heavy (non-hydrogen) atoms. The summed E-state index contributed by atoms with van der Waals surface area (Å²) in [5.41, 5.74) is 0.608. The lowest BCUT2D eigenvalue weighted by Crippen LogP contribution is -2.47. The largest absolute Gasteiger partial charge is 0.491 e. The van der Waals surface area contributed by atoms with E-state index < -0.39 is 0 Å². The average Bonchev–Trinajstić information content (AvgIpc) is 3.27. The summed E-state index contributed by atoms with van der Waals surface area (Å²) < 4.78 is 6.24. The molecular weight excluding hydrogens is 376 g/mol. The summed E-state index contributed by atoms with van der Waals surface area (Å²) in [6, 6.07) is 7.54. The molecule has 1 aromatic carbocycles. The Labute approximate surface area is 181 Å². The predicted molar refractivity (Wildman–Crippen MR) is 120 cm³/mol. The maximum atomic E-state index is 13.4. The van der Waals surface area contributed by atoms with Gasteiger partial charge in [-0.25, -0.2) is 0 Å². The van der Waals surface area contributed by atoms with Crippen LogP contribution in [0.5, 0.6) is 5.75 Å². The Morgan fingerprint density at radius 1 is 1.07 bits per heavy atom. The second-order valence-corrected chi connectivity index (χ2v) is 9.39. The summed E-state index contributed by atoms with van der Waals surface area (Å²) >= 11 is 0. The lowest BCUT2D eigenvalue weighted by molar-refractivity contribution is -0.139. The molecule has 1 aromatic rings. The zero-order chi connectivity index (χ0) is 21.5. The van der Waals surface area contributed by atoms with E-state index >= 15 is 0 Å². The number of hydrogen-bond acceptors (Lipinski definition) is 3. The number of benzene rings is 1. The first kappa shape index (κ1) is 22.6. The Morgan fingerprint density at radius 2 is 1.77 bits per heavy atom. The van der Waals surface area contributed by atoms with E-state index in [-0.39, 0.29) is 17.9 Å². The molecule has 5 heteroatoms. The second-order valence-electron chi connectivity index (χ2n) is 9.39. The van der Waals surface area contributed by atoms with Crippen LogP contribution in [0.25, 0.3) is 0 Å². The van der Waals surface area contributed by atoms with Gasteiger partial charge < -0.3 is 14.5 Å². The van der Waals surface area contributed by atoms with Crippen molar-refractivity contribution in [1.82, 2.24) is 9.80 Å². The fourth-order valence-corrected chi connectivity index (χ4v) is 4.78. The van der Waals surface area contributed by atoms with E-state index in [0.29, 0.717) is 29.7 Å². The number of nitrogens with zero attached hydrogens (tertiary/aromatic N) is 2. The minimum absolute atomic E-state index is 0.00384. The SMILES string of the molecule is CC(C)C[C@H]1COc2ccccc2C(=O)N(C)CCCCCN1C(=O)C1CCCC1. The minimum atomic E-state index is 0.00384. The Morgan fingerprint density at radius 3 is 2.50 bits per heavy atom. The number of fused-ring (bicyclic) bond motifs is 1. The van der Waals surface area contributed by atoms with Crippen LogP contribution in [0.15, 0.2) is 24.3 Å². The molecule has 0 bridgehead atoms. The van der Waals surface area contributed by atoms with Crippen molar-refractivity contribution < 1.29 is 14.3 Å². The molecule has 2 aliphatic rings. The molecule has 0 unspecified atom stereocenters. The predicted octanol–water partition coefficient (Wildman–Crippen LogP) is 4.75. The molecule has 1 aliphatic carbocycles. The molecule has 1 atom stereocenters. The maximum Gasteiger partial charge on any atom is 0.257 e. The first-order valence-corrected chi connectivity index (χ1v) is 11.7. The van der Waals surface area contributed by atoms with E-state index in [1.165, 1.54) is 0 Å². The molecular formula is C25H38N2O3. The van der Waals surface area contributed by atoms with Crippen LogP contribution in [0, 0.1) is 11.8 Å². The quantitative estimate of drug-likeness (QED) is 0.717. The first-order chi connectivity index (χ1) is 14.5. The van der Waals surface area contributed by atoms with E-state index in [9.17, 15) is 9.59 Å². The molecule has 1 aliphatic heterocycles. The lowest BCUT2D eigenvalue weighted by atomic mass is 9.99. The fourth-order valence-electron chi connectivity index (χ4n) is 4.78. The van der Waals surface area contributed by atoms with Crippen LogP contribution in [0.1, 0.15) is 75.6 Å². The number of carbonyl (C=O) groups excluding carboxylic acids is 2. The second kappa shape index (κ2) is 10.8. The number of hydrogen-bond donors (Lipinski definition) is 0. The first-order valence-electron chi connectivity index (χ1n) is 11.7. The molecule has 0 aromatic heterocycles. The third kappa shape index (κ3) is 5.77. The third-order valence-electron chi connectivity index (χ3n) is 6.46. The zero-order valence-corrected chi connectivity index (χ0v) is 18.9. The van der Waals surface area contributed by atoms with Crippen LogP contribution in [0.3, 0.4) is 0 Å². The van der Waals surface area contributed by atoms with Crippen LogP contribution in [0.4, 0.5) is 0 Å². The summed E-state index contributed by atoms with van der Waals surface area (Å²) in [5.74, 6) is 1.59. The third-order valence-corrected chi connectivity index (χ3v) is 6.46. The average molecular weight is 415 g/mol. The molecule has 2 amide bonds. The normalized spacial score (nSPS) is 22.1. The van der Waals surface area contributed by atoms with Gasteiger partial charge in [-0.05, 0) is 56.6 Å². The van der Waals surface area contributed by atoms with E-state index in [0.717, 1.165) is 64.5 Å². The molecule has 3 rings (SSSR count). The van der Waals surface area contributed by atoms with E-state index in [1.807, 2.05) is 31.3 Å². The van der Waals surface area contributed by atoms with Gasteiger partial charge in [0.15, 0.2) is 0 Å². The topological polar surface area (TPSA) is 49.9 Å². The van der Waals surface area contributed by atoms with Crippen molar-refractivity contribution in [3.05, 3.63) is 29.8 Å². The molecule has 0 saturated heterocycles. The molecule has 1 saturated carbocycles.